The van der Waals surface area contributed by atoms with Crippen molar-refractivity contribution < 1.29 is 24.0 Å². The molecule has 134 heavy (non-hydrogen) atoms. The summed E-state index contributed by atoms with van der Waals surface area (Å²) >= 11 is 0. The Balaban J connectivity index is 0.000000143. The highest BCUT2D eigenvalue weighted by Crippen LogP contribution is 2.41. The molecule has 20 nitrogen and oxygen atoms in total. The molecule has 20 rings (SSSR count). The molecule has 4 unspecified atom stereocenters. The van der Waals surface area contributed by atoms with Gasteiger partial charge in [0, 0.05) is 180 Å². The van der Waals surface area contributed by atoms with E-state index in [-0.39, 0.29) is 75.7 Å². The smallest absolute Gasteiger partial charge is 0.258 e. The second kappa shape index (κ2) is 48.1. The number of aromatic nitrogens is 5. The van der Waals surface area contributed by atoms with Crippen LogP contribution in [0.15, 0.2) is 193 Å². The van der Waals surface area contributed by atoms with E-state index in [1.165, 1.54) is 85.6 Å². The maximum Gasteiger partial charge on any atom is 0.258 e. The molecule has 2 aromatic carbocycles. The Labute approximate surface area is 798 Å². The molecule has 0 N–H and O–H groups in total. The van der Waals surface area contributed by atoms with E-state index in [0.717, 1.165) is 189 Å². The zero-order valence-electron chi connectivity index (χ0n) is 84.4. The van der Waals surface area contributed by atoms with Crippen molar-refractivity contribution in [2.75, 3.05) is 32.7 Å². The predicted octanol–water partition coefficient (Wildman–Crippen LogP) is 21.1. The van der Waals surface area contributed by atoms with E-state index in [9.17, 15) is 47.9 Å². The monoisotopic (exact) mass is 1830 g/mol. The number of benzene rings is 2. The fourth-order valence-corrected chi connectivity index (χ4v) is 20.9. The summed E-state index contributed by atoms with van der Waals surface area (Å²) in [4.78, 5) is 129. The van der Waals surface area contributed by atoms with Crippen LogP contribution in [-0.4, -0.2) is 140 Å². The highest BCUT2D eigenvalue weighted by Gasteiger charge is 2.41. The van der Waals surface area contributed by atoms with E-state index in [0.29, 0.717) is 59.8 Å². The van der Waals surface area contributed by atoms with Crippen molar-refractivity contribution in [3.05, 3.63) is 276 Å². The third-order valence-electron chi connectivity index (χ3n) is 28.8. The summed E-state index contributed by atoms with van der Waals surface area (Å²) in [5.74, 6) is 3.73. The number of fused-ring (bicyclic) bond motifs is 8. The molecular formula is C114H156N10O10. The molecule has 5 aromatic heterocycles. The topological polar surface area (TPSA) is 212 Å². The fraction of sp³-hybridized carbons (Fsp3) is 0.544. The molecule has 8 aliphatic carbocycles. The number of pyridine rings is 5. The molecule has 722 valence electrons. The van der Waals surface area contributed by atoms with Crippen molar-refractivity contribution in [3.8, 4) is 0 Å². The van der Waals surface area contributed by atoms with E-state index < -0.39 is 0 Å². The zero-order chi connectivity index (χ0) is 97.1. The average molecular weight is 1830 g/mol. The number of aryl methyl sites for hydroxylation is 2. The van der Waals surface area contributed by atoms with Crippen molar-refractivity contribution >= 4 is 52.5 Å². The van der Waals surface area contributed by atoms with Gasteiger partial charge in [-0.25, -0.2) is 0 Å². The summed E-state index contributed by atoms with van der Waals surface area (Å²) in [6, 6.07) is 28.8. The Hall–Kier alpha value is -10.8. The largest absolute Gasteiger partial charge is 0.340 e. The van der Waals surface area contributed by atoms with Crippen LogP contribution < -0.4 is 27.8 Å². The van der Waals surface area contributed by atoms with Gasteiger partial charge in [0.15, 0.2) is 0 Å². The molecule has 4 atom stereocenters. The minimum atomic E-state index is 0.0955. The molecule has 0 spiro atoms. The number of amides is 5. The maximum atomic E-state index is 12.1. The van der Waals surface area contributed by atoms with Crippen LogP contribution in [0, 0.1) is 23.7 Å². The van der Waals surface area contributed by atoms with E-state index in [1.54, 1.807) is 13.7 Å². The second-order valence-electron chi connectivity index (χ2n) is 41.0. The first-order valence-electron chi connectivity index (χ1n) is 50.7. The standard InChI is InChI=1S/C12H21NO.C12H17NO.C12H15NO.C12H13NO.C11H19NO.3C11H15NO.2C11H13NO/c4*1-9(2)13-8-7-10-5-3-4-6-11(10)12(13)14;6*1-8(2)12-7-6-9-4-3-5-10(9)11(12)13/h9-11H,3-8H2,1-2H3;7-9H,3-6H2,1-2H3;3-6,9H,7-8H2,1-2H3;3-9H,1-2H3;8-10H,3-7H2,1-2H3;6-8H,3-5H2,1-2H3;3,5,8H,4,6-7H2,1-2H3;3-4,8H,5-7H2,1-2H3;3,5-8H,4H2,1-2H3;3-4,6-8H,5H2,1-2H3. The first-order valence-corrected chi connectivity index (χ1v) is 50.7. The number of nitrogens with zero attached hydrogens (tertiary/aromatic N) is 10. The number of hydrogen-bond donors (Lipinski definition) is 0. The van der Waals surface area contributed by atoms with Gasteiger partial charge in [-0.1, -0.05) is 110 Å². The average Bonchev–Trinajstić information content (AvgIpc) is 1.37. The Morgan fingerprint density at radius 1 is 0.291 bits per heavy atom. The van der Waals surface area contributed by atoms with Crippen LogP contribution in [0.25, 0.3) is 22.9 Å². The maximum absolute atomic E-state index is 12.1. The molecule has 13 aliphatic rings. The Bertz CT molecular complexity index is 5770. The van der Waals surface area contributed by atoms with Gasteiger partial charge >= 0.3 is 0 Å². The highest BCUT2D eigenvalue weighted by atomic mass is 16.2. The van der Waals surface area contributed by atoms with Crippen molar-refractivity contribution in [2.45, 2.75) is 347 Å². The van der Waals surface area contributed by atoms with Crippen LogP contribution in [-0.2, 0) is 64.1 Å². The highest BCUT2D eigenvalue weighted by molar-refractivity contribution is 5.99. The minimum absolute atomic E-state index is 0.0955. The molecule has 0 bridgehead atoms. The van der Waals surface area contributed by atoms with Gasteiger partial charge in [-0.05, 0) is 360 Å². The molecule has 2 saturated heterocycles. The van der Waals surface area contributed by atoms with Gasteiger partial charge in [-0.3, -0.25) is 47.9 Å². The third kappa shape index (κ3) is 25.3. The summed E-state index contributed by atoms with van der Waals surface area (Å²) in [6.07, 6.45) is 51.3. The lowest BCUT2D eigenvalue weighted by Crippen LogP contribution is -2.49. The number of carbonyl (C=O) groups excluding carboxylic acids is 5. The van der Waals surface area contributed by atoms with Crippen LogP contribution in [0.1, 0.15) is 332 Å². The summed E-state index contributed by atoms with van der Waals surface area (Å²) in [6.45, 7) is 45.8. The number of rotatable bonds is 10. The first-order chi connectivity index (χ1) is 64.0. The summed E-state index contributed by atoms with van der Waals surface area (Å²) in [5, 5.41) is 1.80. The second-order valence-corrected chi connectivity index (χ2v) is 41.0. The van der Waals surface area contributed by atoms with Crippen molar-refractivity contribution in [1.29, 1.82) is 0 Å². The molecule has 0 radical (unpaired) electrons. The van der Waals surface area contributed by atoms with Crippen molar-refractivity contribution in [3.63, 3.8) is 0 Å². The van der Waals surface area contributed by atoms with E-state index in [1.807, 2.05) is 207 Å². The molecule has 4 fully saturated rings. The van der Waals surface area contributed by atoms with E-state index >= 15 is 0 Å². The SMILES string of the molecule is CC(C)N1CCC2=C(C=CC2)C1=O.CC(C)N1CCC2=C(CC=C2)C1=O.CC(C)N1CCC2CCCC2C1=O.CC(C)N1CCC2CCCCC2C1=O.CC(C)N1CCc2ccccc2C1=O.CC(C)n1ccc2c(c1=O)C=CC2.CC(C)n1ccc2c(c1=O)CC=C2.CC(C)n1ccc2c(c1=O)CCC2.CC(C)n1ccc2c(c1=O)CCCC2.CC(C)n1ccc2ccccc2c1=O. The Morgan fingerprint density at radius 2 is 0.739 bits per heavy atom. The lowest BCUT2D eigenvalue weighted by atomic mass is 9.74. The van der Waals surface area contributed by atoms with Gasteiger partial charge in [0.2, 0.25) is 11.8 Å². The van der Waals surface area contributed by atoms with Crippen LogP contribution in [0.3, 0.4) is 0 Å². The summed E-state index contributed by atoms with van der Waals surface area (Å²) < 4.78 is 8.97. The minimum Gasteiger partial charge on any atom is -0.340 e. The predicted molar refractivity (Wildman–Crippen MR) is 547 cm³/mol. The molecule has 7 aromatic rings. The third-order valence-corrected chi connectivity index (χ3v) is 28.8. The molecule has 5 aliphatic heterocycles. The van der Waals surface area contributed by atoms with Gasteiger partial charge in [0.1, 0.15) is 0 Å². The number of carbonyl (C=O) groups is 5. The lowest BCUT2D eigenvalue weighted by molar-refractivity contribution is -0.145. The van der Waals surface area contributed by atoms with Crippen molar-refractivity contribution in [1.82, 2.24) is 47.3 Å². The lowest BCUT2D eigenvalue weighted by Gasteiger charge is -2.42. The van der Waals surface area contributed by atoms with E-state index in [4.69, 9.17) is 0 Å². The fourth-order valence-electron chi connectivity index (χ4n) is 20.9. The van der Waals surface area contributed by atoms with Crippen LogP contribution in [0.4, 0.5) is 0 Å². The van der Waals surface area contributed by atoms with Crippen LogP contribution >= 0.6 is 0 Å². The number of allylic oxidation sites excluding steroid dienone is 5. The molecule has 20 heteroatoms. The molecular weight excluding hydrogens is 1670 g/mol. The zero-order valence-corrected chi connectivity index (χ0v) is 84.4. The quantitative estimate of drug-likeness (QED) is 0.126. The summed E-state index contributed by atoms with van der Waals surface area (Å²) in [7, 11) is 0. The normalized spacial score (nSPS) is 19.6. The Kier molecular flexibility index (Phi) is 37.2. The molecule has 5 amide bonds. The van der Waals surface area contributed by atoms with Gasteiger partial charge in [-0.15, -0.1) is 0 Å². The van der Waals surface area contributed by atoms with Gasteiger partial charge in [0.25, 0.3) is 45.5 Å². The van der Waals surface area contributed by atoms with Crippen LogP contribution in [0.2, 0.25) is 0 Å². The number of likely N-dealkylation sites (tertiary alicyclic amines) is 2. The van der Waals surface area contributed by atoms with Gasteiger partial charge in [-0.2, -0.15) is 0 Å². The first kappa shape index (κ1) is 104. The summed E-state index contributed by atoms with van der Waals surface area (Å²) in [5.41, 5.74) is 16.2. The van der Waals surface area contributed by atoms with Crippen LogP contribution in [0.5, 0.6) is 0 Å². The van der Waals surface area contributed by atoms with Crippen molar-refractivity contribution in [2.24, 2.45) is 23.7 Å². The number of piperidine rings is 2. The molecule has 10 heterocycles. The Morgan fingerprint density at radius 3 is 1.34 bits per heavy atom. The van der Waals surface area contributed by atoms with E-state index in [2.05, 4.69) is 123 Å². The van der Waals surface area contributed by atoms with Gasteiger partial charge in [0.05, 0.1) is 0 Å². The number of hydrogen-bond acceptors (Lipinski definition) is 10. The molecule has 2 saturated carbocycles. The van der Waals surface area contributed by atoms with Gasteiger partial charge < -0.3 is 47.3 Å².